The van der Waals surface area contributed by atoms with Gasteiger partial charge in [0.25, 0.3) is 5.91 Å². The number of aromatic nitrogens is 3. The van der Waals surface area contributed by atoms with Crippen LogP contribution in [0.2, 0.25) is 0 Å². The van der Waals surface area contributed by atoms with Crippen molar-refractivity contribution < 1.29 is 38.8 Å². The van der Waals surface area contributed by atoms with Crippen molar-refractivity contribution in [3.63, 3.8) is 0 Å². The number of carbonyl (C=O) groups excluding carboxylic acids is 2. The molecule has 330 valence electrons. The van der Waals surface area contributed by atoms with E-state index in [0.29, 0.717) is 65.6 Å². The van der Waals surface area contributed by atoms with Crippen LogP contribution in [0.15, 0.2) is 59.4 Å². The van der Waals surface area contributed by atoms with Crippen LogP contribution in [0.25, 0.3) is 11.3 Å². The van der Waals surface area contributed by atoms with Gasteiger partial charge >= 0.3 is 12.1 Å². The van der Waals surface area contributed by atoms with E-state index in [1.165, 1.54) is 20.3 Å². The van der Waals surface area contributed by atoms with Gasteiger partial charge in [-0.25, -0.2) is 14.6 Å². The molecule has 3 aromatic rings. The first-order chi connectivity index (χ1) is 28.9. The van der Waals surface area contributed by atoms with Gasteiger partial charge in [-0.2, -0.15) is 0 Å². The molecule has 6 N–H and O–H groups in total. The lowest BCUT2D eigenvalue weighted by Crippen LogP contribution is -2.63. The van der Waals surface area contributed by atoms with Crippen molar-refractivity contribution in [1.82, 2.24) is 30.5 Å². The Kier molecular flexibility index (Phi) is 13.8. The number of ether oxygens (including phenoxy) is 3. The van der Waals surface area contributed by atoms with Crippen molar-refractivity contribution in [2.45, 2.75) is 96.4 Å². The molecule has 0 spiro atoms. The number of aliphatic hydroxyl groups excluding tert-OH is 1. The van der Waals surface area contributed by atoms with Crippen LogP contribution in [0.4, 0.5) is 10.5 Å². The van der Waals surface area contributed by atoms with E-state index in [1.807, 2.05) is 36.3 Å². The number of allylic oxidation sites excluding steroid dienone is 1. The molecule has 1 aromatic heterocycles. The molecular weight excluding hydrogens is 781 g/mol. The maximum absolute atomic E-state index is 14.0. The fraction of sp³-hybridized carbons (Fsp3) is 0.556. The van der Waals surface area contributed by atoms with E-state index in [2.05, 4.69) is 34.8 Å². The molecule has 4 bridgehead atoms. The third-order valence-electron chi connectivity index (χ3n) is 12.2. The average molecular weight is 843 g/mol. The SMILES string of the molecule is COc1cccc(OC)c1C(C=C(N)C(=O)NC1(C(=O)O)C2CC3CC2C[C@@H]1C3)=Nc1ccc(-c2cn(CCCN(C)C[C@@H](O)CNC(=O)OC(C)(C)C)nn2)cc1C(C)C. The number of benzene rings is 2. The summed E-state index contributed by atoms with van der Waals surface area (Å²) in [5.74, 6) is -0.163. The Bertz CT molecular complexity index is 2120. The molecule has 6 atom stereocenters. The molecule has 4 aliphatic rings. The van der Waals surface area contributed by atoms with Crippen LogP contribution < -0.4 is 25.8 Å². The van der Waals surface area contributed by atoms with Gasteiger partial charge in [-0.05, 0) is 132 Å². The number of methoxy groups -OCH3 is 2. The van der Waals surface area contributed by atoms with Gasteiger partial charge in [0.05, 0.1) is 49.2 Å². The lowest BCUT2D eigenvalue weighted by molar-refractivity contribution is -0.153. The topological polar surface area (TPSA) is 216 Å². The van der Waals surface area contributed by atoms with Gasteiger partial charge in [0, 0.05) is 25.2 Å². The van der Waals surface area contributed by atoms with Gasteiger partial charge in [-0.1, -0.05) is 31.2 Å². The van der Waals surface area contributed by atoms with Crippen LogP contribution >= 0.6 is 0 Å². The number of hydrogen-bond donors (Lipinski definition) is 5. The molecule has 4 unspecified atom stereocenters. The molecule has 16 nitrogen and oxygen atoms in total. The number of amides is 2. The van der Waals surface area contributed by atoms with Crippen LogP contribution in [-0.2, 0) is 20.9 Å². The minimum absolute atomic E-state index is 0.0212. The summed E-state index contributed by atoms with van der Waals surface area (Å²) in [7, 11) is 4.98. The van der Waals surface area contributed by atoms with Crippen molar-refractivity contribution in [3.05, 3.63) is 65.5 Å². The number of nitrogens with two attached hydrogens (primary N) is 1. The summed E-state index contributed by atoms with van der Waals surface area (Å²) in [5, 5.41) is 35.4. The summed E-state index contributed by atoms with van der Waals surface area (Å²) in [6.07, 6.45) is 6.20. The molecule has 4 aliphatic carbocycles. The van der Waals surface area contributed by atoms with Crippen LogP contribution in [-0.4, -0.2) is 112 Å². The number of carboxylic acids is 1. The standard InChI is InChI=1S/C45H62N8O8/c1-26(2)32-21-28(37-25-53(51-50-37)16-10-15-52(6)24-31(54)23-47-43(58)61-44(3,4)5)13-14-35(32)48-36(40-38(59-7)11-9-12-39(40)60-8)22-34(46)41(55)49-45(42(56)57)30-18-27-17-29(20-30)33(45)19-27/h9,11-14,21-22,25-27,29-31,33,54H,10,15-20,23-24,46H2,1-8H3,(H,47,58)(H,49,55)(H,56,57)/t27?,29?,30-,31-,33?,45?/m0/s1. The summed E-state index contributed by atoms with van der Waals surface area (Å²) < 4.78 is 18.5. The molecule has 1 heterocycles. The van der Waals surface area contributed by atoms with E-state index in [0.717, 1.165) is 43.2 Å². The number of aliphatic imine (C=N–C) groups is 1. The highest BCUT2D eigenvalue weighted by molar-refractivity contribution is 6.16. The van der Waals surface area contributed by atoms with Crippen molar-refractivity contribution in [1.29, 1.82) is 0 Å². The van der Waals surface area contributed by atoms with Gasteiger partial charge < -0.3 is 45.7 Å². The summed E-state index contributed by atoms with van der Waals surface area (Å²) in [6, 6.07) is 11.2. The number of likely N-dealkylation sites (N-methyl/N-ethyl adjacent to an activating group) is 1. The number of aryl methyl sites for hydroxylation is 1. The molecule has 4 saturated carbocycles. The van der Waals surface area contributed by atoms with Crippen LogP contribution in [0.3, 0.4) is 0 Å². The highest BCUT2D eigenvalue weighted by atomic mass is 16.6. The molecular formula is C45H62N8O8. The van der Waals surface area contributed by atoms with Crippen LogP contribution in [0.5, 0.6) is 11.5 Å². The van der Waals surface area contributed by atoms with Crippen LogP contribution in [0.1, 0.15) is 83.8 Å². The Morgan fingerprint density at radius 1 is 1.10 bits per heavy atom. The van der Waals surface area contributed by atoms with E-state index >= 15 is 0 Å². The molecule has 7 rings (SSSR count). The Morgan fingerprint density at radius 3 is 2.46 bits per heavy atom. The fourth-order valence-corrected chi connectivity index (χ4v) is 9.59. The number of hydrogen-bond acceptors (Lipinski definition) is 12. The fourth-order valence-electron chi connectivity index (χ4n) is 9.59. The van der Waals surface area contributed by atoms with Crippen molar-refractivity contribution >= 4 is 29.4 Å². The van der Waals surface area contributed by atoms with Gasteiger partial charge in [0.2, 0.25) is 0 Å². The first kappa shape index (κ1) is 45.1. The third kappa shape index (κ3) is 10.2. The number of aliphatic hydroxyl groups is 1. The monoisotopic (exact) mass is 842 g/mol. The first-order valence-electron chi connectivity index (χ1n) is 21.1. The zero-order valence-electron chi connectivity index (χ0n) is 36.6. The minimum Gasteiger partial charge on any atom is -0.496 e. The number of carboxylic acid groups (broad SMARTS) is 1. The molecule has 61 heavy (non-hydrogen) atoms. The minimum atomic E-state index is -1.35. The number of carbonyl (C=O) groups is 3. The predicted molar refractivity (Wildman–Crippen MR) is 231 cm³/mol. The lowest BCUT2D eigenvalue weighted by Gasteiger charge is -2.41. The molecule has 4 fully saturated rings. The number of nitrogens with one attached hydrogen (secondary N) is 2. The number of alkyl carbamates (subject to hydrolysis) is 1. The van der Waals surface area contributed by atoms with E-state index < -0.39 is 35.2 Å². The zero-order chi connectivity index (χ0) is 44.2. The summed E-state index contributed by atoms with van der Waals surface area (Å²) in [4.78, 5) is 45.9. The zero-order valence-corrected chi connectivity index (χ0v) is 36.6. The highest BCUT2D eigenvalue weighted by Crippen LogP contribution is 2.62. The largest absolute Gasteiger partial charge is 0.496 e. The Balaban J connectivity index is 1.20. The summed E-state index contributed by atoms with van der Waals surface area (Å²) in [6.45, 7) is 11.2. The van der Waals surface area contributed by atoms with Crippen molar-refractivity contribution in [3.8, 4) is 22.8 Å². The van der Waals surface area contributed by atoms with E-state index in [4.69, 9.17) is 24.9 Å². The van der Waals surface area contributed by atoms with Crippen molar-refractivity contribution in [2.75, 3.05) is 40.9 Å². The van der Waals surface area contributed by atoms with E-state index in [9.17, 15) is 24.6 Å². The number of rotatable bonds is 18. The molecule has 16 heteroatoms. The normalized spacial score (nSPS) is 22.7. The maximum atomic E-state index is 14.0. The summed E-state index contributed by atoms with van der Waals surface area (Å²) in [5.41, 5.74) is 8.28. The lowest BCUT2D eigenvalue weighted by atomic mass is 9.70. The second-order valence-electron chi connectivity index (χ2n) is 18.1. The molecule has 0 saturated heterocycles. The molecule has 2 aromatic carbocycles. The van der Waals surface area contributed by atoms with Gasteiger partial charge in [0.15, 0.2) is 0 Å². The van der Waals surface area contributed by atoms with Gasteiger partial charge in [-0.15, -0.1) is 5.10 Å². The van der Waals surface area contributed by atoms with E-state index in [-0.39, 0.29) is 30.0 Å². The predicted octanol–water partition coefficient (Wildman–Crippen LogP) is 5.26. The van der Waals surface area contributed by atoms with Crippen LogP contribution in [0, 0.1) is 23.7 Å². The first-order valence-corrected chi connectivity index (χ1v) is 21.1. The smallest absolute Gasteiger partial charge is 0.407 e. The second kappa shape index (κ2) is 18.6. The number of aliphatic carboxylic acids is 1. The Labute approximate surface area is 357 Å². The van der Waals surface area contributed by atoms with E-state index in [1.54, 1.807) is 43.7 Å². The highest BCUT2D eigenvalue weighted by Gasteiger charge is 2.67. The third-order valence-corrected chi connectivity index (χ3v) is 12.2. The number of nitrogens with zero attached hydrogens (tertiary/aromatic N) is 5. The second-order valence-corrected chi connectivity index (χ2v) is 18.1. The molecule has 0 aliphatic heterocycles. The molecule has 0 radical (unpaired) electrons. The maximum Gasteiger partial charge on any atom is 0.407 e. The average Bonchev–Trinajstić information content (AvgIpc) is 3.85. The van der Waals surface area contributed by atoms with Gasteiger partial charge in [0.1, 0.15) is 28.3 Å². The Hall–Kier alpha value is -5.48. The van der Waals surface area contributed by atoms with Gasteiger partial charge in [-0.3, -0.25) is 9.48 Å². The Morgan fingerprint density at radius 2 is 1.82 bits per heavy atom. The molecule has 2 amide bonds. The quantitative estimate of drug-likeness (QED) is 0.0819. The van der Waals surface area contributed by atoms with Crippen molar-refractivity contribution in [2.24, 2.45) is 34.4 Å². The summed E-state index contributed by atoms with van der Waals surface area (Å²) >= 11 is 0.